The predicted molar refractivity (Wildman–Crippen MR) is 112 cm³/mol. The molecular formula is C23H21NO3S. The van der Waals surface area contributed by atoms with E-state index in [4.69, 9.17) is 4.74 Å². The van der Waals surface area contributed by atoms with Gasteiger partial charge >= 0.3 is 5.97 Å². The van der Waals surface area contributed by atoms with Gasteiger partial charge in [0.2, 0.25) is 0 Å². The molecule has 28 heavy (non-hydrogen) atoms. The summed E-state index contributed by atoms with van der Waals surface area (Å²) >= 11 is 1.55. The summed E-state index contributed by atoms with van der Waals surface area (Å²) in [5.74, 6) is 0.134. The summed E-state index contributed by atoms with van der Waals surface area (Å²) in [6.07, 6.45) is 0.670. The van der Waals surface area contributed by atoms with Crippen LogP contribution >= 0.6 is 11.8 Å². The van der Waals surface area contributed by atoms with Crippen LogP contribution in [0.15, 0.2) is 70.5 Å². The molecule has 1 atom stereocenters. The third-order valence-corrected chi connectivity index (χ3v) is 6.31. The van der Waals surface area contributed by atoms with Gasteiger partial charge in [-0.05, 0) is 35.6 Å². The number of carbonyl (C=O) groups excluding carboxylic acids is 1. The standard InChI is InChI=1S/C23H21NO3S/c1-15-8-6-7-11-17(15)12-18-13-20(25)24-19(23(26)27-2)14-28-22(24)21(18)16-9-4-3-5-10-16/h3-11,13,19H,12,14H2,1-2H3/t19-/m0/s1. The van der Waals surface area contributed by atoms with Crippen LogP contribution < -0.4 is 5.56 Å². The minimum Gasteiger partial charge on any atom is -0.467 e. The molecular weight excluding hydrogens is 370 g/mol. The Morgan fingerprint density at radius 3 is 2.54 bits per heavy atom. The Hall–Kier alpha value is -2.79. The lowest BCUT2D eigenvalue weighted by Crippen LogP contribution is -2.30. The number of benzene rings is 2. The molecule has 0 aliphatic carbocycles. The molecule has 5 heteroatoms. The van der Waals surface area contributed by atoms with Crippen molar-refractivity contribution < 1.29 is 9.53 Å². The van der Waals surface area contributed by atoms with Crippen molar-refractivity contribution >= 4 is 17.7 Å². The minimum atomic E-state index is -0.576. The molecule has 4 rings (SSSR count). The van der Waals surface area contributed by atoms with Crippen LogP contribution in [0, 0.1) is 6.92 Å². The average molecular weight is 391 g/mol. The summed E-state index contributed by atoms with van der Waals surface area (Å²) in [4.78, 5) is 25.2. The van der Waals surface area contributed by atoms with Crippen LogP contribution in [0.2, 0.25) is 0 Å². The molecule has 2 aromatic carbocycles. The molecule has 2 heterocycles. The van der Waals surface area contributed by atoms with Gasteiger partial charge in [0.1, 0.15) is 6.04 Å². The molecule has 142 valence electrons. The minimum absolute atomic E-state index is 0.154. The first-order valence-electron chi connectivity index (χ1n) is 9.19. The van der Waals surface area contributed by atoms with Crippen molar-refractivity contribution in [3.05, 3.63) is 87.7 Å². The number of fused-ring (bicyclic) bond motifs is 1. The van der Waals surface area contributed by atoms with Crippen LogP contribution in [0.1, 0.15) is 22.7 Å². The molecule has 1 aliphatic heterocycles. The van der Waals surface area contributed by atoms with E-state index in [2.05, 4.69) is 19.1 Å². The zero-order chi connectivity index (χ0) is 19.7. The summed E-state index contributed by atoms with van der Waals surface area (Å²) < 4.78 is 6.52. The van der Waals surface area contributed by atoms with Gasteiger partial charge < -0.3 is 4.74 Å². The van der Waals surface area contributed by atoms with Crippen LogP contribution in [-0.4, -0.2) is 23.4 Å². The molecule has 0 radical (unpaired) electrons. The Kier molecular flexibility index (Phi) is 5.09. The molecule has 1 aliphatic rings. The van der Waals surface area contributed by atoms with Gasteiger partial charge in [0.05, 0.1) is 12.1 Å². The molecule has 3 aromatic rings. The maximum Gasteiger partial charge on any atom is 0.329 e. The van der Waals surface area contributed by atoms with Gasteiger partial charge in [-0.25, -0.2) is 4.79 Å². The van der Waals surface area contributed by atoms with Crippen LogP contribution in [0.3, 0.4) is 0 Å². The number of hydrogen-bond acceptors (Lipinski definition) is 4. The molecule has 0 amide bonds. The van der Waals surface area contributed by atoms with Crippen molar-refractivity contribution in [2.45, 2.75) is 24.4 Å². The third kappa shape index (κ3) is 3.27. The van der Waals surface area contributed by atoms with Crippen LogP contribution in [0.5, 0.6) is 0 Å². The fraction of sp³-hybridized carbons (Fsp3) is 0.217. The summed E-state index contributed by atoms with van der Waals surface area (Å²) in [6, 6.07) is 19.4. The van der Waals surface area contributed by atoms with Gasteiger partial charge in [-0.1, -0.05) is 54.6 Å². The van der Waals surface area contributed by atoms with Crippen molar-refractivity contribution in [3.8, 4) is 11.1 Å². The lowest BCUT2D eigenvalue weighted by molar-refractivity contribution is -0.143. The van der Waals surface area contributed by atoms with Gasteiger partial charge in [0.25, 0.3) is 5.56 Å². The normalized spacial score (nSPS) is 15.3. The lowest BCUT2D eigenvalue weighted by Gasteiger charge is -2.18. The number of aromatic nitrogens is 1. The van der Waals surface area contributed by atoms with E-state index in [1.165, 1.54) is 18.2 Å². The molecule has 4 nitrogen and oxygen atoms in total. The smallest absolute Gasteiger partial charge is 0.329 e. The first-order valence-corrected chi connectivity index (χ1v) is 10.2. The van der Waals surface area contributed by atoms with Gasteiger partial charge in [0, 0.05) is 17.4 Å². The highest BCUT2D eigenvalue weighted by atomic mass is 32.2. The summed E-state index contributed by atoms with van der Waals surface area (Å²) in [5, 5.41) is 0.845. The maximum absolute atomic E-state index is 13.0. The highest BCUT2D eigenvalue weighted by Gasteiger charge is 2.33. The number of pyridine rings is 1. The number of aryl methyl sites for hydroxylation is 1. The van der Waals surface area contributed by atoms with E-state index >= 15 is 0 Å². The number of ether oxygens (including phenoxy) is 1. The van der Waals surface area contributed by atoms with E-state index in [0.29, 0.717) is 12.2 Å². The number of nitrogens with zero attached hydrogens (tertiary/aromatic N) is 1. The van der Waals surface area contributed by atoms with Crippen LogP contribution in [-0.2, 0) is 16.0 Å². The number of thioether (sulfide) groups is 1. The fourth-order valence-corrected chi connectivity index (χ4v) is 5.04. The number of carbonyl (C=O) groups is 1. The third-order valence-electron chi connectivity index (χ3n) is 5.16. The van der Waals surface area contributed by atoms with Crippen LogP contribution in [0.25, 0.3) is 11.1 Å². The molecule has 0 spiro atoms. The van der Waals surface area contributed by atoms with Crippen LogP contribution in [0.4, 0.5) is 0 Å². The van der Waals surface area contributed by atoms with Crippen molar-refractivity contribution in [1.29, 1.82) is 0 Å². The van der Waals surface area contributed by atoms with Crippen molar-refractivity contribution in [1.82, 2.24) is 4.57 Å². The summed E-state index contributed by atoms with van der Waals surface area (Å²) in [6.45, 7) is 2.08. The number of methoxy groups -OCH3 is 1. The SMILES string of the molecule is COC(=O)[C@@H]1CSc2c(-c3ccccc3)c(Cc3ccccc3C)cc(=O)n21. The predicted octanol–water partition coefficient (Wildman–Crippen LogP) is 4.23. The Bertz CT molecular complexity index is 1090. The molecule has 1 aromatic heterocycles. The van der Waals surface area contributed by atoms with Gasteiger partial charge in [-0.2, -0.15) is 0 Å². The lowest BCUT2D eigenvalue weighted by atomic mass is 9.94. The Morgan fingerprint density at radius 2 is 1.82 bits per heavy atom. The van der Waals surface area contributed by atoms with E-state index in [9.17, 15) is 9.59 Å². The van der Waals surface area contributed by atoms with E-state index in [0.717, 1.165) is 21.7 Å². The maximum atomic E-state index is 13.0. The van der Waals surface area contributed by atoms with E-state index in [1.807, 2.05) is 42.5 Å². The second-order valence-corrected chi connectivity index (χ2v) is 7.89. The zero-order valence-corrected chi connectivity index (χ0v) is 16.7. The second-order valence-electron chi connectivity index (χ2n) is 6.88. The first-order chi connectivity index (χ1) is 13.6. The van der Waals surface area contributed by atoms with Crippen molar-refractivity contribution in [3.63, 3.8) is 0 Å². The number of esters is 1. The monoisotopic (exact) mass is 391 g/mol. The first kappa shape index (κ1) is 18.6. The molecule has 0 unspecified atom stereocenters. The summed E-state index contributed by atoms with van der Waals surface area (Å²) in [7, 11) is 1.36. The molecule has 0 bridgehead atoms. The van der Waals surface area contributed by atoms with E-state index < -0.39 is 6.04 Å². The topological polar surface area (TPSA) is 48.3 Å². The number of hydrogen-bond donors (Lipinski definition) is 0. The molecule has 0 saturated heterocycles. The number of rotatable bonds is 4. The Morgan fingerprint density at radius 1 is 1.11 bits per heavy atom. The Labute approximate surface area is 168 Å². The second kappa shape index (κ2) is 7.68. The van der Waals surface area contributed by atoms with Crippen molar-refractivity contribution in [2.75, 3.05) is 12.9 Å². The fourth-order valence-electron chi connectivity index (χ4n) is 3.69. The summed E-state index contributed by atoms with van der Waals surface area (Å²) in [5.41, 5.74) is 5.29. The van der Waals surface area contributed by atoms with E-state index in [1.54, 1.807) is 22.4 Å². The largest absolute Gasteiger partial charge is 0.467 e. The van der Waals surface area contributed by atoms with Gasteiger partial charge in [-0.15, -0.1) is 11.8 Å². The van der Waals surface area contributed by atoms with Crippen molar-refractivity contribution in [2.24, 2.45) is 0 Å². The molecule has 0 N–H and O–H groups in total. The molecule has 0 saturated carbocycles. The quantitative estimate of drug-likeness (QED) is 0.625. The average Bonchev–Trinajstić information content (AvgIpc) is 3.15. The highest BCUT2D eigenvalue weighted by molar-refractivity contribution is 7.99. The highest BCUT2D eigenvalue weighted by Crippen LogP contribution is 2.41. The van der Waals surface area contributed by atoms with E-state index in [-0.39, 0.29) is 11.5 Å². The molecule has 0 fully saturated rings. The van der Waals surface area contributed by atoms with Gasteiger partial charge in [-0.3, -0.25) is 9.36 Å². The Balaban J connectivity index is 1.92. The zero-order valence-electron chi connectivity index (χ0n) is 15.8. The van der Waals surface area contributed by atoms with Gasteiger partial charge in [0.15, 0.2) is 0 Å².